The first-order valence-electron chi connectivity index (χ1n) is 12.0. The standard InChI is InChI=1S/C27H34N2O5/c1-27(2,3)34-26(32)29(15-16-30)19-9-8-14-28(17-19)25(31)33-18-24-22-12-6-4-10-20(22)21-11-5-7-13-23(21)24/h4-7,10-13,19,24,30H,8-9,14-18H2,1-3H3. The van der Waals surface area contributed by atoms with Gasteiger partial charge in [0, 0.05) is 25.6 Å². The van der Waals surface area contributed by atoms with Crippen molar-refractivity contribution in [3.63, 3.8) is 0 Å². The van der Waals surface area contributed by atoms with Gasteiger partial charge in [0.1, 0.15) is 12.2 Å². The maximum atomic E-state index is 13.0. The van der Waals surface area contributed by atoms with E-state index in [9.17, 15) is 14.7 Å². The molecule has 1 fully saturated rings. The lowest BCUT2D eigenvalue weighted by molar-refractivity contribution is 0.00123. The van der Waals surface area contributed by atoms with E-state index in [1.54, 1.807) is 4.90 Å². The Hall–Kier alpha value is -3.06. The number of ether oxygens (including phenoxy) is 2. The van der Waals surface area contributed by atoms with Gasteiger partial charge in [-0.3, -0.25) is 0 Å². The molecule has 1 aliphatic heterocycles. The van der Waals surface area contributed by atoms with Gasteiger partial charge in [0.15, 0.2) is 0 Å². The average Bonchev–Trinajstić information content (AvgIpc) is 3.13. The molecule has 1 aliphatic carbocycles. The van der Waals surface area contributed by atoms with Crippen LogP contribution in [0.3, 0.4) is 0 Å². The van der Waals surface area contributed by atoms with E-state index < -0.39 is 11.7 Å². The van der Waals surface area contributed by atoms with Gasteiger partial charge in [0.2, 0.25) is 0 Å². The summed E-state index contributed by atoms with van der Waals surface area (Å²) in [4.78, 5) is 28.9. The fraction of sp³-hybridized carbons (Fsp3) is 0.481. The van der Waals surface area contributed by atoms with E-state index in [2.05, 4.69) is 24.3 Å². The fourth-order valence-electron chi connectivity index (χ4n) is 4.91. The average molecular weight is 467 g/mol. The normalized spacial score (nSPS) is 17.6. The number of hydrogen-bond acceptors (Lipinski definition) is 5. The van der Waals surface area contributed by atoms with E-state index in [0.717, 1.165) is 12.8 Å². The Labute approximate surface area is 201 Å². The van der Waals surface area contributed by atoms with Gasteiger partial charge >= 0.3 is 12.2 Å². The first-order valence-corrected chi connectivity index (χ1v) is 12.0. The molecule has 0 aromatic heterocycles. The number of aliphatic hydroxyl groups is 1. The van der Waals surface area contributed by atoms with Crippen LogP contribution in [-0.4, -0.2) is 71.6 Å². The molecule has 0 radical (unpaired) electrons. The molecule has 1 unspecified atom stereocenters. The second-order valence-corrected chi connectivity index (χ2v) is 9.94. The number of carbonyl (C=O) groups excluding carboxylic acids is 2. The van der Waals surface area contributed by atoms with Crippen LogP contribution in [0.15, 0.2) is 48.5 Å². The summed E-state index contributed by atoms with van der Waals surface area (Å²) in [5.74, 6) is 0.00425. The summed E-state index contributed by atoms with van der Waals surface area (Å²) < 4.78 is 11.3. The van der Waals surface area contributed by atoms with Gasteiger partial charge in [-0.15, -0.1) is 0 Å². The SMILES string of the molecule is CC(C)(C)OC(=O)N(CCO)C1CCCN(C(=O)OCC2c3ccccc3-c3ccccc32)C1. The summed E-state index contributed by atoms with van der Waals surface area (Å²) in [6.45, 7) is 6.63. The molecule has 0 saturated carbocycles. The summed E-state index contributed by atoms with van der Waals surface area (Å²) in [6, 6.07) is 16.3. The number of benzene rings is 2. The Morgan fingerprint density at radius 1 is 1.06 bits per heavy atom. The lowest BCUT2D eigenvalue weighted by Gasteiger charge is -2.39. The third kappa shape index (κ3) is 5.20. The van der Waals surface area contributed by atoms with Crippen molar-refractivity contribution in [2.24, 2.45) is 0 Å². The van der Waals surface area contributed by atoms with Gasteiger partial charge in [0.25, 0.3) is 0 Å². The predicted octanol–water partition coefficient (Wildman–Crippen LogP) is 4.63. The number of nitrogens with zero attached hydrogens (tertiary/aromatic N) is 2. The van der Waals surface area contributed by atoms with Crippen LogP contribution in [0.25, 0.3) is 11.1 Å². The van der Waals surface area contributed by atoms with Crippen LogP contribution in [-0.2, 0) is 9.47 Å². The van der Waals surface area contributed by atoms with Crippen LogP contribution in [0, 0.1) is 0 Å². The van der Waals surface area contributed by atoms with E-state index in [-0.39, 0.29) is 37.8 Å². The van der Waals surface area contributed by atoms with E-state index in [4.69, 9.17) is 9.47 Å². The number of hydrogen-bond donors (Lipinski definition) is 1. The molecule has 34 heavy (non-hydrogen) atoms. The maximum Gasteiger partial charge on any atom is 0.410 e. The van der Waals surface area contributed by atoms with Crippen LogP contribution < -0.4 is 0 Å². The number of piperidine rings is 1. The van der Waals surface area contributed by atoms with Crippen LogP contribution >= 0.6 is 0 Å². The molecule has 0 bridgehead atoms. The molecular formula is C27H34N2O5. The largest absolute Gasteiger partial charge is 0.448 e. The quantitative estimate of drug-likeness (QED) is 0.695. The van der Waals surface area contributed by atoms with Crippen molar-refractivity contribution >= 4 is 12.2 Å². The molecule has 2 amide bonds. The van der Waals surface area contributed by atoms with Crippen molar-refractivity contribution in [2.75, 3.05) is 32.8 Å². The lowest BCUT2D eigenvalue weighted by atomic mass is 9.98. The minimum absolute atomic E-state index is 0.00425. The predicted molar refractivity (Wildman–Crippen MR) is 130 cm³/mol. The number of amides is 2. The minimum atomic E-state index is -0.633. The third-order valence-corrected chi connectivity index (χ3v) is 6.40. The molecule has 1 saturated heterocycles. The molecule has 0 spiro atoms. The second-order valence-electron chi connectivity index (χ2n) is 9.94. The minimum Gasteiger partial charge on any atom is -0.448 e. The lowest BCUT2D eigenvalue weighted by Crippen LogP contribution is -2.53. The Balaban J connectivity index is 1.41. The number of likely N-dealkylation sites (tertiary alicyclic amines) is 1. The molecule has 1 heterocycles. The molecule has 2 aliphatic rings. The van der Waals surface area contributed by atoms with Crippen molar-refractivity contribution < 1.29 is 24.2 Å². The molecule has 1 atom stereocenters. The number of carbonyl (C=O) groups is 2. The first kappa shape index (κ1) is 24.1. The monoisotopic (exact) mass is 466 g/mol. The fourth-order valence-corrected chi connectivity index (χ4v) is 4.91. The van der Waals surface area contributed by atoms with Crippen LogP contribution in [0.5, 0.6) is 0 Å². The summed E-state index contributed by atoms with van der Waals surface area (Å²) in [7, 11) is 0. The second kappa shape index (κ2) is 10.1. The topological polar surface area (TPSA) is 79.3 Å². The molecule has 7 heteroatoms. The van der Waals surface area contributed by atoms with Gasteiger partial charge in [-0.2, -0.15) is 0 Å². The van der Waals surface area contributed by atoms with E-state index in [0.29, 0.717) is 13.1 Å². The number of fused-ring (bicyclic) bond motifs is 3. The van der Waals surface area contributed by atoms with Crippen molar-refractivity contribution in [3.05, 3.63) is 59.7 Å². The summed E-state index contributed by atoms with van der Waals surface area (Å²) >= 11 is 0. The van der Waals surface area contributed by atoms with Crippen molar-refractivity contribution in [2.45, 2.75) is 51.2 Å². The first-order chi connectivity index (χ1) is 16.3. The highest BCUT2D eigenvalue weighted by Crippen LogP contribution is 2.44. The number of rotatable bonds is 5. The van der Waals surface area contributed by atoms with E-state index >= 15 is 0 Å². The van der Waals surface area contributed by atoms with Crippen LogP contribution in [0.4, 0.5) is 9.59 Å². The van der Waals surface area contributed by atoms with Gasteiger partial charge in [-0.05, 0) is 55.9 Å². The van der Waals surface area contributed by atoms with Gasteiger partial charge < -0.3 is 24.4 Å². The highest BCUT2D eigenvalue weighted by atomic mass is 16.6. The van der Waals surface area contributed by atoms with Gasteiger partial charge in [-0.1, -0.05) is 48.5 Å². The Morgan fingerprint density at radius 3 is 2.26 bits per heavy atom. The maximum absolute atomic E-state index is 13.0. The third-order valence-electron chi connectivity index (χ3n) is 6.40. The van der Waals surface area contributed by atoms with Crippen molar-refractivity contribution in [1.29, 1.82) is 0 Å². The van der Waals surface area contributed by atoms with Crippen molar-refractivity contribution in [1.82, 2.24) is 9.80 Å². The Kier molecular flexibility index (Phi) is 7.12. The molecule has 2 aromatic rings. The zero-order chi connectivity index (χ0) is 24.3. The van der Waals surface area contributed by atoms with Crippen LogP contribution in [0.2, 0.25) is 0 Å². The molecule has 1 N–H and O–H groups in total. The molecular weight excluding hydrogens is 432 g/mol. The van der Waals surface area contributed by atoms with Crippen LogP contribution in [0.1, 0.15) is 50.7 Å². The highest BCUT2D eigenvalue weighted by Gasteiger charge is 2.34. The molecule has 182 valence electrons. The van der Waals surface area contributed by atoms with Gasteiger partial charge in [0.05, 0.1) is 12.6 Å². The molecule has 7 nitrogen and oxygen atoms in total. The van der Waals surface area contributed by atoms with Crippen molar-refractivity contribution in [3.8, 4) is 11.1 Å². The highest BCUT2D eigenvalue weighted by molar-refractivity contribution is 5.79. The smallest absolute Gasteiger partial charge is 0.410 e. The molecule has 4 rings (SSSR count). The zero-order valence-corrected chi connectivity index (χ0v) is 20.2. The van der Waals surface area contributed by atoms with E-state index in [1.165, 1.54) is 27.2 Å². The van der Waals surface area contributed by atoms with Gasteiger partial charge in [-0.25, -0.2) is 9.59 Å². The Bertz CT molecular complexity index is 986. The van der Waals surface area contributed by atoms with E-state index in [1.807, 2.05) is 45.0 Å². The summed E-state index contributed by atoms with van der Waals surface area (Å²) in [5.41, 5.74) is 4.09. The summed E-state index contributed by atoms with van der Waals surface area (Å²) in [6.07, 6.45) is 0.645. The number of aliphatic hydroxyl groups excluding tert-OH is 1. The molecule has 2 aromatic carbocycles. The Morgan fingerprint density at radius 2 is 1.68 bits per heavy atom. The zero-order valence-electron chi connectivity index (χ0n) is 20.2. The summed E-state index contributed by atoms with van der Waals surface area (Å²) in [5, 5.41) is 9.50.